The van der Waals surface area contributed by atoms with E-state index >= 15 is 0 Å². The number of rotatable bonds is 6. The van der Waals surface area contributed by atoms with E-state index in [2.05, 4.69) is 48.5 Å². The third-order valence-electron chi connectivity index (χ3n) is 5.87. The summed E-state index contributed by atoms with van der Waals surface area (Å²) in [7, 11) is 2.19. The van der Waals surface area contributed by atoms with Gasteiger partial charge in [-0.3, -0.25) is 0 Å². The van der Waals surface area contributed by atoms with Crippen molar-refractivity contribution in [1.82, 2.24) is 10.2 Å². The lowest BCUT2D eigenvalue weighted by Crippen LogP contribution is -2.43. The van der Waals surface area contributed by atoms with Crippen molar-refractivity contribution in [3.05, 3.63) is 35.9 Å². The molecule has 0 bridgehead atoms. The van der Waals surface area contributed by atoms with Crippen LogP contribution in [0.15, 0.2) is 30.3 Å². The third kappa shape index (κ3) is 4.17. The molecule has 2 fully saturated rings. The third-order valence-corrected chi connectivity index (χ3v) is 5.87. The maximum absolute atomic E-state index is 9.41. The summed E-state index contributed by atoms with van der Waals surface area (Å²) in [6.45, 7) is 5.61. The molecule has 1 aromatic rings. The summed E-state index contributed by atoms with van der Waals surface area (Å²) in [6.07, 6.45) is 4.46. The molecule has 1 aromatic carbocycles. The number of aliphatic hydroxyl groups is 1. The Balaban J connectivity index is 1.57. The molecule has 1 spiro atoms. The minimum atomic E-state index is 0.0861. The molecule has 4 heteroatoms. The zero-order valence-corrected chi connectivity index (χ0v) is 15.1. The predicted molar refractivity (Wildman–Crippen MR) is 97.3 cm³/mol. The largest absolute Gasteiger partial charge is 0.396 e. The number of nitrogens with one attached hydrogen (secondary N) is 1. The highest BCUT2D eigenvalue weighted by Gasteiger charge is 2.45. The minimum absolute atomic E-state index is 0.0861. The Bertz CT molecular complexity index is 500. The average molecular weight is 332 g/mol. The summed E-state index contributed by atoms with van der Waals surface area (Å²) in [4.78, 5) is 2.40. The first-order chi connectivity index (χ1) is 11.6. The van der Waals surface area contributed by atoms with Gasteiger partial charge in [0.05, 0.1) is 11.7 Å². The molecular formula is C20H32N2O2. The summed E-state index contributed by atoms with van der Waals surface area (Å²) in [6, 6.07) is 10.9. The molecule has 0 radical (unpaired) electrons. The molecule has 0 amide bonds. The van der Waals surface area contributed by atoms with E-state index in [0.717, 1.165) is 45.3 Å². The van der Waals surface area contributed by atoms with E-state index in [1.54, 1.807) is 0 Å². The predicted octanol–water partition coefficient (Wildman–Crippen LogP) is 2.38. The zero-order valence-electron chi connectivity index (χ0n) is 15.1. The lowest BCUT2D eigenvalue weighted by molar-refractivity contribution is -0.0693. The molecular weight excluding hydrogens is 300 g/mol. The number of aliphatic hydroxyl groups excluding tert-OH is 1. The first kappa shape index (κ1) is 17.9. The van der Waals surface area contributed by atoms with Crippen LogP contribution in [0.2, 0.25) is 0 Å². The monoisotopic (exact) mass is 332 g/mol. The van der Waals surface area contributed by atoms with Crippen molar-refractivity contribution in [2.24, 2.45) is 0 Å². The van der Waals surface area contributed by atoms with Crippen molar-refractivity contribution in [1.29, 1.82) is 0 Å². The lowest BCUT2D eigenvalue weighted by atomic mass is 9.87. The second-order valence-electron chi connectivity index (χ2n) is 7.65. The quantitative estimate of drug-likeness (QED) is 0.840. The molecule has 24 heavy (non-hydrogen) atoms. The second kappa shape index (κ2) is 7.96. The second-order valence-corrected chi connectivity index (χ2v) is 7.65. The molecule has 2 aliphatic rings. The van der Waals surface area contributed by atoms with E-state index in [9.17, 15) is 5.11 Å². The maximum atomic E-state index is 9.41. The van der Waals surface area contributed by atoms with Crippen LogP contribution in [-0.4, -0.2) is 61.0 Å². The molecule has 2 saturated heterocycles. The summed E-state index contributed by atoms with van der Waals surface area (Å²) in [5.74, 6) is 0.359. The Morgan fingerprint density at radius 2 is 2.00 bits per heavy atom. The molecule has 3 atom stereocenters. The fraction of sp³-hybridized carbons (Fsp3) is 0.700. The van der Waals surface area contributed by atoms with Gasteiger partial charge in [-0.2, -0.15) is 0 Å². The lowest BCUT2D eigenvalue weighted by Gasteiger charge is -2.37. The first-order valence-electron chi connectivity index (χ1n) is 9.37. The SMILES string of the molecule is CC1OC2(CCN(C)CC2)CC1NCC(CCO)c1ccccc1. The summed E-state index contributed by atoms with van der Waals surface area (Å²) in [5.41, 5.74) is 1.39. The van der Waals surface area contributed by atoms with Gasteiger partial charge >= 0.3 is 0 Å². The van der Waals surface area contributed by atoms with Gasteiger partial charge in [0.1, 0.15) is 0 Å². The van der Waals surface area contributed by atoms with Crippen LogP contribution >= 0.6 is 0 Å². The highest BCUT2D eigenvalue weighted by atomic mass is 16.5. The van der Waals surface area contributed by atoms with E-state index in [1.807, 2.05) is 6.07 Å². The molecule has 2 heterocycles. The molecule has 3 rings (SSSR count). The molecule has 2 aliphatic heterocycles. The van der Waals surface area contributed by atoms with E-state index in [-0.39, 0.29) is 18.3 Å². The normalized spacial score (nSPS) is 28.3. The number of nitrogens with zero attached hydrogens (tertiary/aromatic N) is 1. The van der Waals surface area contributed by atoms with E-state index in [0.29, 0.717) is 12.0 Å². The standard InChI is InChI=1S/C20H32N2O2/c1-16-19(14-20(24-16)9-11-22(2)12-10-20)21-15-18(8-13-23)17-6-4-3-5-7-17/h3-7,16,18-19,21,23H,8-15H2,1-2H3. The van der Waals surface area contributed by atoms with Gasteiger partial charge in [0.15, 0.2) is 0 Å². The van der Waals surface area contributed by atoms with E-state index in [4.69, 9.17) is 4.74 Å². The molecule has 2 N–H and O–H groups in total. The molecule has 0 saturated carbocycles. The van der Waals surface area contributed by atoms with E-state index < -0.39 is 0 Å². The molecule has 0 aromatic heterocycles. The van der Waals surface area contributed by atoms with Crippen molar-refractivity contribution in [3.8, 4) is 0 Å². The van der Waals surface area contributed by atoms with Crippen molar-refractivity contribution in [2.45, 2.75) is 56.3 Å². The van der Waals surface area contributed by atoms with Crippen LogP contribution in [0, 0.1) is 0 Å². The number of benzene rings is 1. The Morgan fingerprint density at radius 1 is 1.29 bits per heavy atom. The molecule has 4 nitrogen and oxygen atoms in total. The first-order valence-corrected chi connectivity index (χ1v) is 9.37. The number of hydrogen-bond donors (Lipinski definition) is 2. The van der Waals surface area contributed by atoms with Crippen molar-refractivity contribution in [2.75, 3.05) is 33.3 Å². The number of hydrogen-bond acceptors (Lipinski definition) is 4. The van der Waals surface area contributed by atoms with Gasteiger partial charge in [-0.05, 0) is 51.1 Å². The summed E-state index contributed by atoms with van der Waals surface area (Å²) >= 11 is 0. The Hall–Kier alpha value is -0.940. The van der Waals surface area contributed by atoms with Crippen LogP contribution in [0.5, 0.6) is 0 Å². The Kier molecular flexibility index (Phi) is 5.93. The van der Waals surface area contributed by atoms with Gasteiger partial charge in [0.2, 0.25) is 0 Å². The molecule has 0 aliphatic carbocycles. The van der Waals surface area contributed by atoms with Crippen LogP contribution in [-0.2, 0) is 4.74 Å². The number of likely N-dealkylation sites (tertiary alicyclic amines) is 1. The van der Waals surface area contributed by atoms with Gasteiger partial charge < -0.3 is 20.1 Å². The number of ether oxygens (including phenoxy) is 1. The average Bonchev–Trinajstić information content (AvgIpc) is 2.91. The van der Waals surface area contributed by atoms with Crippen molar-refractivity contribution in [3.63, 3.8) is 0 Å². The topological polar surface area (TPSA) is 44.7 Å². The van der Waals surface area contributed by atoms with Gasteiger partial charge in [-0.1, -0.05) is 30.3 Å². The minimum Gasteiger partial charge on any atom is -0.396 e. The van der Waals surface area contributed by atoms with Gasteiger partial charge in [0, 0.05) is 32.3 Å². The van der Waals surface area contributed by atoms with Crippen LogP contribution in [0.3, 0.4) is 0 Å². The maximum Gasteiger partial charge on any atom is 0.0727 e. The number of piperidine rings is 1. The zero-order chi connectivity index (χ0) is 17.0. The van der Waals surface area contributed by atoms with Crippen LogP contribution in [0.25, 0.3) is 0 Å². The highest BCUT2D eigenvalue weighted by Crippen LogP contribution is 2.38. The smallest absolute Gasteiger partial charge is 0.0727 e. The van der Waals surface area contributed by atoms with Crippen LogP contribution in [0.4, 0.5) is 0 Å². The van der Waals surface area contributed by atoms with Gasteiger partial charge in [-0.25, -0.2) is 0 Å². The molecule has 3 unspecified atom stereocenters. The van der Waals surface area contributed by atoms with Crippen LogP contribution in [0.1, 0.15) is 44.1 Å². The summed E-state index contributed by atoms with van der Waals surface area (Å²) in [5, 5.41) is 13.2. The van der Waals surface area contributed by atoms with Gasteiger partial charge in [0.25, 0.3) is 0 Å². The molecule has 134 valence electrons. The summed E-state index contributed by atoms with van der Waals surface area (Å²) < 4.78 is 6.41. The highest BCUT2D eigenvalue weighted by molar-refractivity contribution is 5.20. The Labute approximate surface area is 146 Å². The van der Waals surface area contributed by atoms with Crippen molar-refractivity contribution >= 4 is 0 Å². The van der Waals surface area contributed by atoms with Gasteiger partial charge in [-0.15, -0.1) is 0 Å². The fourth-order valence-electron chi connectivity index (χ4n) is 4.24. The van der Waals surface area contributed by atoms with Crippen molar-refractivity contribution < 1.29 is 9.84 Å². The Morgan fingerprint density at radius 3 is 2.67 bits per heavy atom. The fourth-order valence-corrected chi connectivity index (χ4v) is 4.24. The van der Waals surface area contributed by atoms with E-state index in [1.165, 1.54) is 5.56 Å². The van der Waals surface area contributed by atoms with Crippen LogP contribution < -0.4 is 5.32 Å².